The van der Waals surface area contributed by atoms with Crippen molar-refractivity contribution in [3.8, 4) is 0 Å². The molecule has 2 amide bonds. The second kappa shape index (κ2) is 9.13. The monoisotopic (exact) mass is 278 g/mol. The number of hydrogen-bond donors (Lipinski definition) is 1. The van der Waals surface area contributed by atoms with Gasteiger partial charge >= 0.3 is 6.03 Å². The maximum Gasteiger partial charge on any atom is 0.321 e. The van der Waals surface area contributed by atoms with Gasteiger partial charge in [0.25, 0.3) is 0 Å². The summed E-state index contributed by atoms with van der Waals surface area (Å²) in [5.74, 6) is -0.283. The van der Waals surface area contributed by atoms with Gasteiger partial charge in [0.15, 0.2) is 0 Å². The third-order valence-corrected chi connectivity index (χ3v) is 2.89. The minimum Gasteiger partial charge on any atom is -0.325 e. The van der Waals surface area contributed by atoms with Crippen molar-refractivity contribution in [3.05, 3.63) is 41.8 Å². The van der Waals surface area contributed by atoms with E-state index in [1.165, 1.54) is 12.1 Å². The molecule has 0 radical (unpaired) electrons. The normalized spacial score (nSPS) is 10.8. The van der Waals surface area contributed by atoms with Gasteiger partial charge < -0.3 is 10.2 Å². The van der Waals surface area contributed by atoms with Crippen LogP contribution in [0.4, 0.5) is 9.18 Å². The number of urea groups is 1. The number of benzene rings is 1. The zero-order valence-corrected chi connectivity index (χ0v) is 12.2. The van der Waals surface area contributed by atoms with Crippen LogP contribution in [0.2, 0.25) is 0 Å². The quantitative estimate of drug-likeness (QED) is 0.802. The number of nitrogens with zero attached hydrogens (tertiary/aromatic N) is 1. The first-order chi connectivity index (χ1) is 9.67. The van der Waals surface area contributed by atoms with Crippen LogP contribution in [0, 0.1) is 5.82 Å². The fourth-order valence-corrected chi connectivity index (χ4v) is 1.84. The van der Waals surface area contributed by atoms with Crippen LogP contribution >= 0.6 is 0 Å². The summed E-state index contributed by atoms with van der Waals surface area (Å²) in [4.78, 5) is 13.8. The molecule has 0 aliphatic heterocycles. The maximum absolute atomic E-state index is 13.0. The Morgan fingerprint density at radius 2 is 2.10 bits per heavy atom. The molecule has 0 bridgehead atoms. The Balaban J connectivity index is 2.51. The topological polar surface area (TPSA) is 32.3 Å². The number of halogens is 1. The van der Waals surface area contributed by atoms with Crippen molar-refractivity contribution in [1.29, 1.82) is 0 Å². The molecule has 0 aliphatic rings. The van der Waals surface area contributed by atoms with Gasteiger partial charge in [0.1, 0.15) is 5.82 Å². The van der Waals surface area contributed by atoms with E-state index in [4.69, 9.17) is 0 Å². The Morgan fingerprint density at radius 1 is 1.30 bits per heavy atom. The van der Waals surface area contributed by atoms with Crippen molar-refractivity contribution in [3.63, 3.8) is 0 Å². The van der Waals surface area contributed by atoms with Crippen molar-refractivity contribution >= 4 is 12.1 Å². The molecule has 0 fully saturated rings. The van der Waals surface area contributed by atoms with Crippen LogP contribution in [-0.4, -0.2) is 24.0 Å². The molecule has 0 atom stereocenters. The number of hydrogen-bond acceptors (Lipinski definition) is 1. The van der Waals surface area contributed by atoms with E-state index in [0.717, 1.165) is 37.9 Å². The number of carbonyl (C=O) groups is 1. The molecule has 1 aromatic carbocycles. The molecule has 0 saturated carbocycles. The Hall–Kier alpha value is -1.84. The van der Waals surface area contributed by atoms with Crippen molar-refractivity contribution in [2.75, 3.05) is 13.1 Å². The van der Waals surface area contributed by atoms with Gasteiger partial charge in [-0.1, -0.05) is 32.4 Å². The van der Waals surface area contributed by atoms with E-state index in [9.17, 15) is 9.18 Å². The van der Waals surface area contributed by atoms with Gasteiger partial charge in [-0.3, -0.25) is 0 Å². The minimum absolute atomic E-state index is 0.104. The molecule has 0 unspecified atom stereocenters. The molecule has 1 N–H and O–H groups in total. The van der Waals surface area contributed by atoms with Gasteiger partial charge in [0.05, 0.1) is 0 Å². The van der Waals surface area contributed by atoms with E-state index in [2.05, 4.69) is 19.2 Å². The zero-order chi connectivity index (χ0) is 14.8. The number of unbranched alkanes of at least 4 members (excludes halogenated alkanes) is 1. The highest BCUT2D eigenvalue weighted by Crippen LogP contribution is 2.05. The van der Waals surface area contributed by atoms with Gasteiger partial charge in [-0.25, -0.2) is 9.18 Å². The number of amides is 2. The van der Waals surface area contributed by atoms with Crippen molar-refractivity contribution < 1.29 is 9.18 Å². The van der Waals surface area contributed by atoms with Gasteiger partial charge in [-0.05, 0) is 36.6 Å². The molecule has 0 aliphatic carbocycles. The highest BCUT2D eigenvalue weighted by atomic mass is 19.1. The summed E-state index contributed by atoms with van der Waals surface area (Å²) in [5, 5.41) is 2.73. The molecule has 0 heterocycles. The lowest BCUT2D eigenvalue weighted by atomic mass is 10.2. The summed E-state index contributed by atoms with van der Waals surface area (Å²) < 4.78 is 13.0. The fourth-order valence-electron chi connectivity index (χ4n) is 1.84. The molecule has 3 nitrogen and oxygen atoms in total. The molecule has 1 rings (SSSR count). The van der Waals surface area contributed by atoms with Crippen LogP contribution in [0.3, 0.4) is 0 Å². The van der Waals surface area contributed by atoms with E-state index < -0.39 is 0 Å². The number of carbonyl (C=O) groups excluding carboxylic acids is 1. The summed E-state index contributed by atoms with van der Waals surface area (Å²) in [6.07, 6.45) is 6.25. The Kier molecular flexibility index (Phi) is 7.40. The van der Waals surface area contributed by atoms with E-state index in [0.29, 0.717) is 0 Å². The Labute approximate surface area is 120 Å². The van der Waals surface area contributed by atoms with Crippen LogP contribution in [0.5, 0.6) is 0 Å². The first-order valence-corrected chi connectivity index (χ1v) is 7.15. The first-order valence-electron chi connectivity index (χ1n) is 7.15. The molecule has 110 valence electrons. The lowest BCUT2D eigenvalue weighted by Gasteiger charge is -2.21. The fraction of sp³-hybridized carbons (Fsp3) is 0.438. The van der Waals surface area contributed by atoms with Crippen molar-refractivity contribution in [2.24, 2.45) is 0 Å². The van der Waals surface area contributed by atoms with Crippen LogP contribution in [0.1, 0.15) is 38.7 Å². The standard InChI is InChI=1S/C16H23FN2O/c1-3-5-12-19(11-4-2)16(20)18-10-9-14-7-6-8-15(17)13-14/h6-10,13H,3-5,11-12H2,1-2H3,(H,18,20)/b10-9+. The lowest BCUT2D eigenvalue weighted by Crippen LogP contribution is -2.38. The summed E-state index contributed by atoms with van der Waals surface area (Å²) in [5.41, 5.74) is 0.723. The largest absolute Gasteiger partial charge is 0.325 e. The average Bonchev–Trinajstić information content (AvgIpc) is 2.43. The molecule has 0 spiro atoms. The predicted octanol–water partition coefficient (Wildman–Crippen LogP) is 4.02. The average molecular weight is 278 g/mol. The molecule has 0 aromatic heterocycles. The number of rotatable bonds is 7. The van der Waals surface area contributed by atoms with Crippen LogP contribution in [0.25, 0.3) is 6.08 Å². The second-order valence-electron chi connectivity index (χ2n) is 4.68. The van der Waals surface area contributed by atoms with E-state index in [1.54, 1.807) is 29.3 Å². The molecular weight excluding hydrogens is 255 g/mol. The highest BCUT2D eigenvalue weighted by Gasteiger charge is 2.09. The minimum atomic E-state index is -0.283. The van der Waals surface area contributed by atoms with Crippen LogP contribution in [-0.2, 0) is 0 Å². The zero-order valence-electron chi connectivity index (χ0n) is 12.2. The highest BCUT2D eigenvalue weighted by molar-refractivity contribution is 5.76. The van der Waals surface area contributed by atoms with Gasteiger partial charge in [-0.15, -0.1) is 0 Å². The predicted molar refractivity (Wildman–Crippen MR) is 80.7 cm³/mol. The first kappa shape index (κ1) is 16.2. The van der Waals surface area contributed by atoms with E-state index >= 15 is 0 Å². The Bertz CT molecular complexity index is 446. The molecule has 0 saturated heterocycles. The van der Waals surface area contributed by atoms with Crippen molar-refractivity contribution in [1.82, 2.24) is 10.2 Å². The van der Waals surface area contributed by atoms with Gasteiger partial charge in [0.2, 0.25) is 0 Å². The van der Waals surface area contributed by atoms with Crippen molar-refractivity contribution in [2.45, 2.75) is 33.1 Å². The summed E-state index contributed by atoms with van der Waals surface area (Å²) in [6.45, 7) is 5.67. The van der Waals surface area contributed by atoms with Crippen LogP contribution in [0.15, 0.2) is 30.5 Å². The molecule has 20 heavy (non-hydrogen) atoms. The molecule has 4 heteroatoms. The summed E-state index contributed by atoms with van der Waals surface area (Å²) in [6, 6.07) is 6.13. The molecular formula is C16H23FN2O. The van der Waals surface area contributed by atoms with Crippen LogP contribution < -0.4 is 5.32 Å². The summed E-state index contributed by atoms with van der Waals surface area (Å²) >= 11 is 0. The third-order valence-electron chi connectivity index (χ3n) is 2.89. The second-order valence-corrected chi connectivity index (χ2v) is 4.68. The van der Waals surface area contributed by atoms with E-state index in [1.807, 2.05) is 0 Å². The SMILES string of the molecule is CCCCN(CCC)C(=O)N/C=C/c1cccc(F)c1. The third kappa shape index (κ3) is 5.87. The maximum atomic E-state index is 13.0. The molecule has 1 aromatic rings. The lowest BCUT2D eigenvalue weighted by molar-refractivity contribution is 0.200. The van der Waals surface area contributed by atoms with Gasteiger partial charge in [0, 0.05) is 19.3 Å². The van der Waals surface area contributed by atoms with E-state index in [-0.39, 0.29) is 11.8 Å². The Morgan fingerprint density at radius 3 is 2.75 bits per heavy atom. The summed E-state index contributed by atoms with van der Waals surface area (Å²) in [7, 11) is 0. The smallest absolute Gasteiger partial charge is 0.321 e. The van der Waals surface area contributed by atoms with Gasteiger partial charge in [-0.2, -0.15) is 0 Å². The number of nitrogens with one attached hydrogen (secondary N) is 1.